The lowest BCUT2D eigenvalue weighted by molar-refractivity contribution is -0.121. The molecule has 6 nitrogen and oxygen atoms in total. The Bertz CT molecular complexity index is 690. The fourth-order valence-corrected chi connectivity index (χ4v) is 3.12. The van der Waals surface area contributed by atoms with Crippen molar-refractivity contribution in [2.75, 3.05) is 6.54 Å². The van der Waals surface area contributed by atoms with E-state index in [0.29, 0.717) is 29.9 Å². The van der Waals surface area contributed by atoms with Gasteiger partial charge in [-0.05, 0) is 31.0 Å². The summed E-state index contributed by atoms with van der Waals surface area (Å²) in [7, 11) is -2.86. The number of amides is 1. The molecular weight excluding hydrogens is 326 g/mol. The van der Waals surface area contributed by atoms with Crippen molar-refractivity contribution in [2.24, 2.45) is 4.99 Å². The number of nitrogens with one attached hydrogen (secondary N) is 1. The van der Waals surface area contributed by atoms with Crippen LogP contribution in [0, 0.1) is 11.3 Å². The zero-order valence-corrected chi connectivity index (χ0v) is 14.3. The number of carbonyl (C=O) groups excluding carboxylic acids is 1. The van der Waals surface area contributed by atoms with Crippen molar-refractivity contribution in [2.45, 2.75) is 32.2 Å². The highest BCUT2D eigenvalue weighted by atomic mass is 32.3. The second-order valence-electron chi connectivity index (χ2n) is 5.68. The Hall–Kier alpha value is -2.14. The molecule has 7 heteroatoms. The van der Waals surface area contributed by atoms with E-state index in [1.807, 2.05) is 12.1 Å². The molecule has 2 rings (SSSR count). The number of hydrogen-bond donors (Lipinski definition) is 3. The minimum absolute atomic E-state index is 0.129. The molecular formula is C17H21N3O3S. The molecule has 0 saturated heterocycles. The van der Waals surface area contributed by atoms with Crippen LogP contribution in [0.1, 0.15) is 30.9 Å². The third-order valence-corrected chi connectivity index (χ3v) is 5.04. The third kappa shape index (κ3) is 5.81. The second kappa shape index (κ2) is 8.11. The van der Waals surface area contributed by atoms with E-state index in [1.54, 1.807) is 25.1 Å². The fraction of sp³-hybridized carbons (Fsp3) is 0.353. The van der Waals surface area contributed by atoms with Crippen LogP contribution in [-0.4, -0.2) is 33.1 Å². The number of benzene rings is 1. The van der Waals surface area contributed by atoms with Gasteiger partial charge in [0.15, 0.2) is 0 Å². The maximum absolute atomic E-state index is 11.9. The van der Waals surface area contributed by atoms with Crippen LogP contribution in [0.2, 0.25) is 0 Å². The van der Waals surface area contributed by atoms with Gasteiger partial charge in [0.25, 0.3) is 0 Å². The summed E-state index contributed by atoms with van der Waals surface area (Å²) in [4.78, 5) is 16.5. The van der Waals surface area contributed by atoms with Gasteiger partial charge in [-0.15, -0.1) is 10.6 Å². The molecule has 1 atom stereocenters. The number of carbonyl (C=O) groups is 1. The van der Waals surface area contributed by atoms with E-state index >= 15 is 0 Å². The van der Waals surface area contributed by atoms with Gasteiger partial charge in [0, 0.05) is 24.3 Å². The van der Waals surface area contributed by atoms with Gasteiger partial charge in [0.2, 0.25) is 5.91 Å². The number of rotatable bonds is 8. The molecule has 1 aromatic carbocycles. The van der Waals surface area contributed by atoms with Crippen LogP contribution >= 0.6 is 10.6 Å². The molecule has 1 aliphatic carbocycles. The Morgan fingerprint density at radius 1 is 1.46 bits per heavy atom. The van der Waals surface area contributed by atoms with E-state index in [0.717, 1.165) is 5.56 Å². The number of aliphatic imine (C=N–C) groups is 1. The Morgan fingerprint density at radius 3 is 2.71 bits per heavy atom. The van der Waals surface area contributed by atoms with Crippen LogP contribution < -0.4 is 5.32 Å². The minimum Gasteiger partial charge on any atom is -0.356 e. The number of allylic oxidation sites excluding steroid dienone is 2. The highest BCUT2D eigenvalue weighted by Crippen LogP contribution is 2.53. The van der Waals surface area contributed by atoms with Crippen molar-refractivity contribution in [3.8, 4) is 6.07 Å². The average Bonchev–Trinajstić information content (AvgIpc) is 3.39. The minimum atomic E-state index is -2.86. The van der Waals surface area contributed by atoms with E-state index in [2.05, 4.69) is 16.4 Å². The average molecular weight is 347 g/mol. The van der Waals surface area contributed by atoms with Crippen LogP contribution in [0.4, 0.5) is 0 Å². The van der Waals surface area contributed by atoms with Crippen LogP contribution in [0.25, 0.3) is 0 Å². The Morgan fingerprint density at radius 2 is 2.12 bits per heavy atom. The molecule has 0 saturated carbocycles. The molecule has 1 unspecified atom stereocenters. The van der Waals surface area contributed by atoms with Gasteiger partial charge in [0.05, 0.1) is 17.7 Å². The normalized spacial score (nSPS) is 15.5. The maximum atomic E-state index is 11.9. The molecule has 0 heterocycles. The predicted octanol–water partition coefficient (Wildman–Crippen LogP) is 3.06. The molecule has 3 N–H and O–H groups in total. The third-order valence-electron chi connectivity index (χ3n) is 3.52. The molecule has 1 aliphatic rings. The summed E-state index contributed by atoms with van der Waals surface area (Å²) in [6, 6.07) is 8.99. The number of hydrogen-bond acceptors (Lipinski definition) is 5. The first-order valence-electron chi connectivity index (χ1n) is 7.67. The van der Waals surface area contributed by atoms with Gasteiger partial charge in [-0.2, -0.15) is 5.26 Å². The van der Waals surface area contributed by atoms with Gasteiger partial charge in [-0.1, -0.05) is 18.2 Å². The summed E-state index contributed by atoms with van der Waals surface area (Å²) < 4.78 is 19.5. The molecule has 0 radical (unpaired) electrons. The standard InChI is InChI=1S/C17H21N3O3S/c1-13(20-12-24(22,23)16-6-7-16)10-17(21)19-9-8-14-2-4-15(11-18)5-3-14/h2-6,12-13,22-23H,7-10H2,1H3,(H,19,21). The molecule has 0 aliphatic heterocycles. The van der Waals surface area contributed by atoms with Crippen molar-refractivity contribution in [3.05, 3.63) is 46.4 Å². The maximum Gasteiger partial charge on any atom is 0.222 e. The first-order valence-corrected chi connectivity index (χ1v) is 9.28. The van der Waals surface area contributed by atoms with E-state index in [9.17, 15) is 13.9 Å². The summed E-state index contributed by atoms with van der Waals surface area (Å²) in [6.45, 7) is 2.26. The molecule has 0 spiro atoms. The second-order valence-corrected chi connectivity index (χ2v) is 7.60. The first-order chi connectivity index (χ1) is 11.4. The van der Waals surface area contributed by atoms with E-state index in [-0.39, 0.29) is 18.4 Å². The summed E-state index contributed by atoms with van der Waals surface area (Å²) in [5, 5.41) is 11.6. The predicted molar refractivity (Wildman–Crippen MR) is 96.0 cm³/mol. The number of nitriles is 1. The Kier molecular flexibility index (Phi) is 6.15. The van der Waals surface area contributed by atoms with E-state index in [4.69, 9.17) is 5.26 Å². The summed E-state index contributed by atoms with van der Waals surface area (Å²) in [6.07, 6.45) is 3.25. The summed E-state index contributed by atoms with van der Waals surface area (Å²) >= 11 is 0. The molecule has 0 aromatic heterocycles. The largest absolute Gasteiger partial charge is 0.356 e. The van der Waals surface area contributed by atoms with Gasteiger partial charge in [-0.25, -0.2) is 0 Å². The van der Waals surface area contributed by atoms with Gasteiger partial charge >= 0.3 is 0 Å². The fourth-order valence-electron chi connectivity index (χ4n) is 2.03. The number of nitrogens with zero attached hydrogens (tertiary/aromatic N) is 2. The zero-order chi connectivity index (χ0) is 17.6. The van der Waals surface area contributed by atoms with Crippen LogP contribution in [0.3, 0.4) is 0 Å². The van der Waals surface area contributed by atoms with E-state index < -0.39 is 10.6 Å². The smallest absolute Gasteiger partial charge is 0.222 e. The van der Waals surface area contributed by atoms with E-state index in [1.165, 1.54) is 5.55 Å². The molecule has 24 heavy (non-hydrogen) atoms. The first kappa shape index (κ1) is 18.2. The van der Waals surface area contributed by atoms with Crippen LogP contribution in [0.5, 0.6) is 0 Å². The molecule has 128 valence electrons. The summed E-state index contributed by atoms with van der Waals surface area (Å²) in [5.41, 5.74) is 2.83. The Labute approximate surface area is 143 Å². The van der Waals surface area contributed by atoms with Crippen molar-refractivity contribution in [1.29, 1.82) is 5.26 Å². The van der Waals surface area contributed by atoms with Crippen LogP contribution in [0.15, 0.2) is 40.2 Å². The van der Waals surface area contributed by atoms with Gasteiger partial charge < -0.3 is 5.32 Å². The Balaban J connectivity index is 1.69. The van der Waals surface area contributed by atoms with Crippen LogP contribution in [-0.2, 0) is 11.2 Å². The van der Waals surface area contributed by atoms with Crippen molar-refractivity contribution >= 4 is 22.0 Å². The molecule has 1 amide bonds. The molecule has 0 bridgehead atoms. The van der Waals surface area contributed by atoms with Crippen molar-refractivity contribution in [3.63, 3.8) is 0 Å². The van der Waals surface area contributed by atoms with Gasteiger partial charge in [0.1, 0.15) is 5.55 Å². The lowest BCUT2D eigenvalue weighted by Crippen LogP contribution is -2.28. The van der Waals surface area contributed by atoms with Gasteiger partial charge in [-0.3, -0.25) is 18.9 Å². The lowest BCUT2D eigenvalue weighted by Gasteiger charge is -2.24. The highest BCUT2D eigenvalue weighted by Gasteiger charge is 2.23. The SMILES string of the molecule is CC(CC(=O)NCCc1ccc(C#N)cc1)N=CS(O)(O)C1=CC1. The lowest BCUT2D eigenvalue weighted by atomic mass is 10.1. The molecule has 1 aromatic rings. The highest BCUT2D eigenvalue weighted by molar-refractivity contribution is 8.38. The van der Waals surface area contributed by atoms with Crippen molar-refractivity contribution < 1.29 is 13.9 Å². The zero-order valence-electron chi connectivity index (χ0n) is 13.5. The quantitative estimate of drug-likeness (QED) is 0.496. The van der Waals surface area contributed by atoms with Crippen molar-refractivity contribution in [1.82, 2.24) is 5.32 Å². The molecule has 0 fully saturated rings. The monoisotopic (exact) mass is 347 g/mol. The summed E-state index contributed by atoms with van der Waals surface area (Å²) in [5.74, 6) is -0.129. The topological polar surface area (TPSA) is 106 Å².